The highest BCUT2D eigenvalue weighted by Gasteiger charge is 2.36. The van der Waals surface area contributed by atoms with Gasteiger partial charge in [-0.25, -0.2) is 8.42 Å². The van der Waals surface area contributed by atoms with Gasteiger partial charge >= 0.3 is 6.18 Å². The van der Waals surface area contributed by atoms with E-state index in [-0.39, 0.29) is 35.5 Å². The molecule has 0 bridgehead atoms. The molecule has 230 valence electrons. The molecular weight excluding hydrogens is 603 g/mol. The Balaban J connectivity index is 1.74. The number of nitrogens with one attached hydrogen (secondary N) is 1. The first-order valence-electron chi connectivity index (χ1n) is 14.0. The molecule has 0 aliphatic heterocycles. The van der Waals surface area contributed by atoms with Crippen LogP contribution in [0.25, 0.3) is 0 Å². The Morgan fingerprint density at radius 2 is 1.63 bits per heavy atom. The second-order valence-corrected chi connectivity index (χ2v) is 12.7. The molecule has 43 heavy (non-hydrogen) atoms. The van der Waals surface area contributed by atoms with Gasteiger partial charge in [0.1, 0.15) is 12.6 Å². The number of halogens is 4. The highest BCUT2D eigenvalue weighted by molar-refractivity contribution is 7.92. The molecule has 0 saturated heterocycles. The minimum absolute atomic E-state index is 0.0194. The number of nitrogens with zero attached hydrogens (tertiary/aromatic N) is 2. The van der Waals surface area contributed by atoms with Crippen LogP contribution >= 0.6 is 11.6 Å². The van der Waals surface area contributed by atoms with E-state index in [2.05, 4.69) is 5.32 Å². The molecule has 3 aromatic carbocycles. The lowest BCUT2D eigenvalue weighted by atomic mass is 10.1. The molecule has 0 spiro atoms. The molecule has 2 amide bonds. The summed E-state index contributed by atoms with van der Waals surface area (Å²) in [5.74, 6) is -1.12. The fourth-order valence-corrected chi connectivity index (χ4v) is 6.71. The number of amides is 2. The van der Waals surface area contributed by atoms with Crippen LogP contribution in [0.3, 0.4) is 0 Å². The van der Waals surface area contributed by atoms with E-state index in [1.165, 1.54) is 35.2 Å². The van der Waals surface area contributed by atoms with Crippen LogP contribution in [0.15, 0.2) is 83.8 Å². The highest BCUT2D eigenvalue weighted by Crippen LogP contribution is 2.33. The lowest BCUT2D eigenvalue weighted by molar-refractivity contribution is -0.140. The predicted octanol–water partition coefficient (Wildman–Crippen LogP) is 6.42. The zero-order valence-electron chi connectivity index (χ0n) is 23.6. The first-order chi connectivity index (χ1) is 20.4. The van der Waals surface area contributed by atoms with Crippen molar-refractivity contribution in [3.8, 4) is 0 Å². The average molecular weight is 636 g/mol. The number of alkyl halides is 3. The van der Waals surface area contributed by atoms with Crippen molar-refractivity contribution in [2.24, 2.45) is 0 Å². The van der Waals surface area contributed by atoms with Gasteiger partial charge in [0.15, 0.2) is 0 Å². The summed E-state index contributed by atoms with van der Waals surface area (Å²) in [6, 6.07) is 16.6. The zero-order valence-corrected chi connectivity index (χ0v) is 25.1. The van der Waals surface area contributed by atoms with Crippen molar-refractivity contribution in [2.45, 2.75) is 68.7 Å². The van der Waals surface area contributed by atoms with Crippen LogP contribution in [-0.4, -0.2) is 43.8 Å². The van der Waals surface area contributed by atoms with E-state index in [0.717, 1.165) is 37.8 Å². The van der Waals surface area contributed by atoms with Gasteiger partial charge in [-0.05, 0) is 67.3 Å². The Hall–Kier alpha value is -3.57. The molecule has 3 aromatic rings. The lowest BCUT2D eigenvalue weighted by Crippen LogP contribution is -2.53. The average Bonchev–Trinajstić information content (AvgIpc) is 3.49. The van der Waals surface area contributed by atoms with Crippen LogP contribution in [0.5, 0.6) is 0 Å². The zero-order chi connectivity index (χ0) is 31.2. The summed E-state index contributed by atoms with van der Waals surface area (Å²) in [6.07, 6.45) is -0.893. The Kier molecular flexibility index (Phi) is 10.4. The summed E-state index contributed by atoms with van der Waals surface area (Å²) in [7, 11) is -4.49. The van der Waals surface area contributed by atoms with Crippen molar-refractivity contribution in [1.29, 1.82) is 0 Å². The van der Waals surface area contributed by atoms with Gasteiger partial charge in [0.05, 0.1) is 16.1 Å². The topological polar surface area (TPSA) is 86.8 Å². The molecule has 1 aliphatic carbocycles. The van der Waals surface area contributed by atoms with Gasteiger partial charge in [-0.15, -0.1) is 0 Å². The molecule has 1 aliphatic rings. The number of sulfonamides is 1. The third-order valence-corrected chi connectivity index (χ3v) is 9.47. The van der Waals surface area contributed by atoms with Crippen LogP contribution in [0, 0.1) is 0 Å². The van der Waals surface area contributed by atoms with Gasteiger partial charge in [-0.2, -0.15) is 13.2 Å². The van der Waals surface area contributed by atoms with Crippen molar-refractivity contribution in [1.82, 2.24) is 10.2 Å². The molecule has 1 saturated carbocycles. The molecular formula is C31H33ClF3N3O4S. The summed E-state index contributed by atoms with van der Waals surface area (Å²) in [4.78, 5) is 28.6. The molecule has 1 unspecified atom stereocenters. The fraction of sp³-hybridized carbons (Fsp3) is 0.355. The lowest BCUT2D eigenvalue weighted by Gasteiger charge is -2.34. The second-order valence-electron chi connectivity index (χ2n) is 10.4. The van der Waals surface area contributed by atoms with Crippen molar-refractivity contribution in [3.05, 3.63) is 95.0 Å². The molecule has 4 rings (SSSR count). The maximum atomic E-state index is 14.1. The van der Waals surface area contributed by atoms with E-state index in [0.29, 0.717) is 21.0 Å². The van der Waals surface area contributed by atoms with E-state index in [9.17, 15) is 31.2 Å². The SMILES string of the molecule is CCC(C(=O)NC1CCCC1)N(Cc1ccc(Cl)cc1)C(=O)CN(c1cccc(C(F)(F)F)c1)S(=O)(=O)c1ccccc1. The quantitative estimate of drug-likeness (QED) is 0.263. The normalized spacial score (nSPS) is 14.7. The monoisotopic (exact) mass is 635 g/mol. The number of benzene rings is 3. The first kappa shape index (κ1) is 32.3. The van der Waals surface area contributed by atoms with Crippen molar-refractivity contribution < 1.29 is 31.2 Å². The standard InChI is InChI=1S/C31H33ClF3N3O4S/c1-2-28(30(40)36-25-10-6-7-11-25)37(20-22-15-17-24(32)18-16-22)29(39)21-38(43(41,42)27-13-4-3-5-14-27)26-12-8-9-23(19-26)31(33,34)35/h3-5,8-9,12-19,25,28H,2,6-7,10-11,20-21H2,1H3,(H,36,40). The molecule has 1 atom stereocenters. The van der Waals surface area contributed by atoms with E-state index >= 15 is 0 Å². The Bertz CT molecular complexity index is 1510. The molecule has 0 radical (unpaired) electrons. The largest absolute Gasteiger partial charge is 0.416 e. The van der Waals surface area contributed by atoms with E-state index in [1.807, 2.05) is 0 Å². The summed E-state index contributed by atoms with van der Waals surface area (Å²) in [5, 5.41) is 3.48. The van der Waals surface area contributed by atoms with Crippen molar-refractivity contribution in [3.63, 3.8) is 0 Å². The van der Waals surface area contributed by atoms with E-state index in [1.54, 1.807) is 37.3 Å². The van der Waals surface area contributed by atoms with Crippen LogP contribution in [0.2, 0.25) is 5.02 Å². The van der Waals surface area contributed by atoms with Crippen molar-refractivity contribution in [2.75, 3.05) is 10.8 Å². The number of hydrogen-bond donors (Lipinski definition) is 1. The minimum atomic E-state index is -4.74. The van der Waals surface area contributed by atoms with Gasteiger partial charge < -0.3 is 10.2 Å². The smallest absolute Gasteiger partial charge is 0.352 e. The number of rotatable bonds is 11. The molecule has 1 fully saturated rings. The van der Waals surface area contributed by atoms with Gasteiger partial charge in [0.2, 0.25) is 11.8 Å². The third-order valence-electron chi connectivity index (χ3n) is 7.43. The molecule has 12 heteroatoms. The van der Waals surface area contributed by atoms with Crippen LogP contribution in [0.4, 0.5) is 18.9 Å². The van der Waals surface area contributed by atoms with Crippen molar-refractivity contribution >= 4 is 39.1 Å². The Morgan fingerprint density at radius 1 is 0.977 bits per heavy atom. The fourth-order valence-electron chi connectivity index (χ4n) is 5.16. The maximum Gasteiger partial charge on any atom is 0.416 e. The molecule has 7 nitrogen and oxygen atoms in total. The number of carbonyl (C=O) groups excluding carboxylic acids is 2. The van der Waals surface area contributed by atoms with Crippen LogP contribution in [0.1, 0.15) is 50.2 Å². The Morgan fingerprint density at radius 3 is 2.23 bits per heavy atom. The summed E-state index contributed by atoms with van der Waals surface area (Å²) in [6.45, 7) is 0.861. The van der Waals surface area contributed by atoms with Gasteiger partial charge in [-0.3, -0.25) is 13.9 Å². The first-order valence-corrected chi connectivity index (χ1v) is 15.8. The van der Waals surface area contributed by atoms with Gasteiger partial charge in [0, 0.05) is 17.6 Å². The number of hydrogen-bond acceptors (Lipinski definition) is 4. The van der Waals surface area contributed by atoms with E-state index in [4.69, 9.17) is 11.6 Å². The highest BCUT2D eigenvalue weighted by atomic mass is 35.5. The van der Waals surface area contributed by atoms with Gasteiger partial charge in [-0.1, -0.05) is 67.8 Å². The predicted molar refractivity (Wildman–Crippen MR) is 159 cm³/mol. The Labute approximate surface area is 254 Å². The van der Waals surface area contributed by atoms with Crippen LogP contribution < -0.4 is 9.62 Å². The third kappa shape index (κ3) is 8.08. The number of carbonyl (C=O) groups is 2. The summed E-state index contributed by atoms with van der Waals surface area (Å²) >= 11 is 6.04. The summed E-state index contributed by atoms with van der Waals surface area (Å²) in [5.41, 5.74) is -0.755. The second kappa shape index (κ2) is 13.8. The maximum absolute atomic E-state index is 14.1. The molecule has 0 aromatic heterocycles. The van der Waals surface area contributed by atoms with Gasteiger partial charge in [0.25, 0.3) is 10.0 Å². The number of anilines is 1. The van der Waals surface area contributed by atoms with E-state index < -0.39 is 40.3 Å². The molecule has 1 N–H and O–H groups in total. The minimum Gasteiger partial charge on any atom is -0.352 e. The molecule has 0 heterocycles. The van der Waals surface area contributed by atoms with Crippen LogP contribution in [-0.2, 0) is 32.3 Å². The summed E-state index contributed by atoms with van der Waals surface area (Å²) < 4.78 is 69.2.